The van der Waals surface area contributed by atoms with E-state index in [0.717, 1.165) is 6.42 Å². The maximum absolute atomic E-state index is 11.7. The van der Waals surface area contributed by atoms with Crippen molar-refractivity contribution in [3.8, 4) is 0 Å². The molecule has 1 rings (SSSR count). The summed E-state index contributed by atoms with van der Waals surface area (Å²) in [5.41, 5.74) is 0. The third-order valence-corrected chi connectivity index (χ3v) is 2.89. The van der Waals surface area contributed by atoms with Crippen molar-refractivity contribution < 1.29 is 19.1 Å². The van der Waals surface area contributed by atoms with E-state index in [1.165, 1.54) is 12.0 Å². The van der Waals surface area contributed by atoms with Crippen molar-refractivity contribution in [1.29, 1.82) is 0 Å². The molecule has 1 unspecified atom stereocenters. The van der Waals surface area contributed by atoms with Crippen molar-refractivity contribution in [1.82, 2.24) is 4.90 Å². The minimum atomic E-state index is -0.521. The second kappa shape index (κ2) is 6.27. The van der Waals surface area contributed by atoms with Gasteiger partial charge in [0.2, 0.25) is 0 Å². The lowest BCUT2D eigenvalue weighted by Crippen LogP contribution is -2.45. The second-order valence-corrected chi connectivity index (χ2v) is 3.90. The normalized spacial score (nSPS) is 23.3. The van der Waals surface area contributed by atoms with E-state index in [1.54, 1.807) is 13.0 Å². The van der Waals surface area contributed by atoms with Gasteiger partial charge in [-0.05, 0) is 26.2 Å². The second-order valence-electron chi connectivity index (χ2n) is 3.90. The van der Waals surface area contributed by atoms with Crippen molar-refractivity contribution in [2.75, 3.05) is 13.7 Å². The lowest BCUT2D eigenvalue weighted by molar-refractivity contribution is -0.148. The summed E-state index contributed by atoms with van der Waals surface area (Å²) in [5.74, 6) is -0.357. The van der Waals surface area contributed by atoms with Gasteiger partial charge in [-0.3, -0.25) is 4.90 Å². The Labute approximate surface area is 101 Å². The van der Waals surface area contributed by atoms with Gasteiger partial charge in [-0.2, -0.15) is 0 Å². The molecule has 1 aliphatic heterocycles. The molecule has 96 valence electrons. The molecule has 0 aliphatic carbocycles. The molecule has 1 amide bonds. The number of rotatable bonds is 4. The number of carbonyl (C=O) groups excluding carboxylic acids is 2. The van der Waals surface area contributed by atoms with Gasteiger partial charge in [0.25, 0.3) is 0 Å². The van der Waals surface area contributed by atoms with Gasteiger partial charge in [-0.15, -0.1) is 6.58 Å². The van der Waals surface area contributed by atoms with Gasteiger partial charge in [-0.1, -0.05) is 6.08 Å². The molecular formula is C12H19NO4. The summed E-state index contributed by atoms with van der Waals surface area (Å²) in [6, 6.07) is -0.540. The Hall–Kier alpha value is -1.52. The van der Waals surface area contributed by atoms with E-state index in [1.807, 2.05) is 0 Å². The molecule has 0 saturated carbocycles. The molecule has 0 spiro atoms. The van der Waals surface area contributed by atoms with Gasteiger partial charge in [0.1, 0.15) is 6.04 Å². The summed E-state index contributed by atoms with van der Waals surface area (Å²) in [6.07, 6.45) is 3.31. The molecule has 1 heterocycles. The van der Waals surface area contributed by atoms with Crippen LogP contribution < -0.4 is 0 Å². The number of nitrogens with zero attached hydrogens (tertiary/aromatic N) is 1. The predicted molar refractivity (Wildman–Crippen MR) is 62.5 cm³/mol. The zero-order valence-electron chi connectivity index (χ0n) is 10.3. The summed E-state index contributed by atoms with van der Waals surface area (Å²) in [6.45, 7) is 5.72. The molecule has 5 heteroatoms. The highest BCUT2D eigenvalue weighted by Gasteiger charge is 2.41. The van der Waals surface area contributed by atoms with E-state index < -0.39 is 12.1 Å². The molecule has 1 aliphatic rings. The van der Waals surface area contributed by atoms with Gasteiger partial charge < -0.3 is 9.47 Å². The van der Waals surface area contributed by atoms with E-state index in [-0.39, 0.29) is 12.0 Å². The molecule has 2 atom stereocenters. The molecule has 5 nitrogen and oxygen atoms in total. The number of likely N-dealkylation sites (tertiary alicyclic amines) is 1. The maximum Gasteiger partial charge on any atom is 0.410 e. The maximum atomic E-state index is 11.7. The Morgan fingerprint density at radius 1 is 1.47 bits per heavy atom. The standard InChI is InChI=1S/C12H19NO4/c1-4-6-9-7-8-10(11(14)17-5-2)13(9)12(15)16-3/h4,9-10H,1,5-8H2,2-3H3/t9?,10-/m0/s1. The van der Waals surface area contributed by atoms with E-state index in [4.69, 9.17) is 9.47 Å². The summed E-state index contributed by atoms with van der Waals surface area (Å²) in [5, 5.41) is 0. The van der Waals surface area contributed by atoms with E-state index in [0.29, 0.717) is 19.4 Å². The number of esters is 1. The lowest BCUT2D eigenvalue weighted by atomic mass is 10.1. The molecule has 0 aromatic rings. The molecule has 0 radical (unpaired) electrons. The van der Waals surface area contributed by atoms with Crippen LogP contribution in [0.1, 0.15) is 26.2 Å². The van der Waals surface area contributed by atoms with Crippen molar-refractivity contribution in [2.24, 2.45) is 0 Å². The molecule has 0 N–H and O–H groups in total. The Balaban J connectivity index is 2.79. The fourth-order valence-electron chi connectivity index (χ4n) is 2.16. The van der Waals surface area contributed by atoms with Crippen LogP contribution in [0, 0.1) is 0 Å². The summed E-state index contributed by atoms with van der Waals surface area (Å²) < 4.78 is 9.68. The number of hydrogen-bond donors (Lipinski definition) is 0. The average molecular weight is 241 g/mol. The summed E-state index contributed by atoms with van der Waals surface area (Å²) in [7, 11) is 1.31. The molecule has 0 aromatic carbocycles. The molecule has 0 bridgehead atoms. The smallest absolute Gasteiger partial charge is 0.410 e. The zero-order chi connectivity index (χ0) is 12.8. The van der Waals surface area contributed by atoms with Crippen molar-refractivity contribution in [2.45, 2.75) is 38.3 Å². The minimum Gasteiger partial charge on any atom is -0.464 e. The zero-order valence-corrected chi connectivity index (χ0v) is 10.3. The largest absolute Gasteiger partial charge is 0.464 e. The molecule has 17 heavy (non-hydrogen) atoms. The first-order valence-corrected chi connectivity index (χ1v) is 5.79. The topological polar surface area (TPSA) is 55.8 Å². The first-order chi connectivity index (χ1) is 8.15. The summed E-state index contributed by atoms with van der Waals surface area (Å²) >= 11 is 0. The van der Waals surface area contributed by atoms with Crippen LogP contribution in [0.4, 0.5) is 4.79 Å². The lowest BCUT2D eigenvalue weighted by Gasteiger charge is -2.27. The van der Waals surface area contributed by atoms with Crippen LogP contribution in [0.25, 0.3) is 0 Å². The van der Waals surface area contributed by atoms with Crippen LogP contribution in [0.3, 0.4) is 0 Å². The number of hydrogen-bond acceptors (Lipinski definition) is 4. The molecule has 1 fully saturated rings. The van der Waals surface area contributed by atoms with Gasteiger partial charge in [0.15, 0.2) is 0 Å². The van der Waals surface area contributed by atoms with Gasteiger partial charge >= 0.3 is 12.1 Å². The highest BCUT2D eigenvalue weighted by atomic mass is 16.6. The Bertz CT molecular complexity index is 303. The first kappa shape index (κ1) is 13.5. The highest BCUT2D eigenvalue weighted by Crippen LogP contribution is 2.28. The van der Waals surface area contributed by atoms with Crippen LogP contribution in [0.5, 0.6) is 0 Å². The third kappa shape index (κ3) is 2.99. The highest BCUT2D eigenvalue weighted by molar-refractivity contribution is 5.82. The minimum absolute atomic E-state index is 0.0191. The van der Waals surface area contributed by atoms with Crippen molar-refractivity contribution in [3.63, 3.8) is 0 Å². The number of methoxy groups -OCH3 is 1. The monoisotopic (exact) mass is 241 g/mol. The summed E-state index contributed by atoms with van der Waals surface area (Å²) in [4.78, 5) is 24.9. The SMILES string of the molecule is C=CCC1CC[C@@H](C(=O)OCC)N1C(=O)OC. The van der Waals surface area contributed by atoms with Crippen molar-refractivity contribution in [3.05, 3.63) is 12.7 Å². The molecule has 1 saturated heterocycles. The Morgan fingerprint density at radius 2 is 2.18 bits per heavy atom. The van der Waals surface area contributed by atoms with E-state index in [2.05, 4.69) is 6.58 Å². The first-order valence-electron chi connectivity index (χ1n) is 5.79. The van der Waals surface area contributed by atoms with Crippen LogP contribution in [-0.2, 0) is 14.3 Å². The number of amides is 1. The Kier molecular flexibility index (Phi) is 5.00. The van der Waals surface area contributed by atoms with Crippen LogP contribution >= 0.6 is 0 Å². The van der Waals surface area contributed by atoms with Gasteiger partial charge in [-0.25, -0.2) is 9.59 Å². The Morgan fingerprint density at radius 3 is 2.71 bits per heavy atom. The fraction of sp³-hybridized carbons (Fsp3) is 0.667. The van der Waals surface area contributed by atoms with E-state index in [9.17, 15) is 9.59 Å². The van der Waals surface area contributed by atoms with Crippen LogP contribution in [0.2, 0.25) is 0 Å². The molecule has 0 aromatic heterocycles. The number of ether oxygens (including phenoxy) is 2. The van der Waals surface area contributed by atoms with Gasteiger partial charge in [0, 0.05) is 6.04 Å². The van der Waals surface area contributed by atoms with Gasteiger partial charge in [0.05, 0.1) is 13.7 Å². The third-order valence-electron chi connectivity index (χ3n) is 2.89. The van der Waals surface area contributed by atoms with Crippen LogP contribution in [-0.4, -0.2) is 42.8 Å². The average Bonchev–Trinajstić information content (AvgIpc) is 2.73. The number of carbonyl (C=O) groups is 2. The van der Waals surface area contributed by atoms with Crippen molar-refractivity contribution >= 4 is 12.1 Å². The quantitative estimate of drug-likeness (QED) is 0.555. The fourth-order valence-corrected chi connectivity index (χ4v) is 2.16. The predicted octanol–water partition coefficient (Wildman–Crippen LogP) is 1.72. The van der Waals surface area contributed by atoms with Crippen LogP contribution in [0.15, 0.2) is 12.7 Å². The molecular weight excluding hydrogens is 222 g/mol. The van der Waals surface area contributed by atoms with E-state index >= 15 is 0 Å².